The van der Waals surface area contributed by atoms with E-state index >= 15 is 0 Å². The third-order valence-electron chi connectivity index (χ3n) is 2.27. The Morgan fingerprint density at radius 1 is 1.50 bits per heavy atom. The zero-order valence-corrected chi connectivity index (χ0v) is 9.20. The van der Waals surface area contributed by atoms with E-state index < -0.39 is 5.82 Å². The molecule has 0 saturated carbocycles. The van der Waals surface area contributed by atoms with Crippen LogP contribution in [0.2, 0.25) is 0 Å². The van der Waals surface area contributed by atoms with Crippen molar-refractivity contribution in [2.45, 2.75) is 26.0 Å². The van der Waals surface area contributed by atoms with Gasteiger partial charge in [-0.1, -0.05) is 6.92 Å². The molecule has 1 atom stereocenters. The molecule has 0 aliphatic heterocycles. The number of rotatable bonds is 5. The molecule has 0 saturated heterocycles. The van der Waals surface area contributed by atoms with Crippen molar-refractivity contribution in [2.24, 2.45) is 0 Å². The van der Waals surface area contributed by atoms with Crippen molar-refractivity contribution in [3.63, 3.8) is 0 Å². The van der Waals surface area contributed by atoms with Crippen LogP contribution in [-0.4, -0.2) is 17.8 Å². The number of halogens is 1. The molecular weight excluding hydrogens is 207 g/mol. The van der Waals surface area contributed by atoms with Gasteiger partial charge in [0.25, 0.3) is 0 Å². The van der Waals surface area contributed by atoms with Crippen LogP contribution in [0, 0.1) is 17.1 Å². The molecule has 2 N–H and O–H groups in total. The van der Waals surface area contributed by atoms with Crippen LogP contribution in [0.1, 0.15) is 24.5 Å². The molecule has 1 unspecified atom stereocenters. The van der Waals surface area contributed by atoms with Gasteiger partial charge in [0.05, 0.1) is 17.7 Å². The average Bonchev–Trinajstić information content (AvgIpc) is 2.28. The van der Waals surface area contributed by atoms with E-state index in [-0.39, 0.29) is 6.10 Å². The van der Waals surface area contributed by atoms with Crippen molar-refractivity contribution < 1.29 is 9.50 Å². The Morgan fingerprint density at radius 3 is 2.88 bits per heavy atom. The van der Waals surface area contributed by atoms with Crippen molar-refractivity contribution in [1.82, 2.24) is 5.32 Å². The van der Waals surface area contributed by atoms with Gasteiger partial charge in [0.15, 0.2) is 0 Å². The summed E-state index contributed by atoms with van der Waals surface area (Å²) in [4.78, 5) is 0. The molecule has 1 aromatic carbocycles. The van der Waals surface area contributed by atoms with Crippen LogP contribution in [0.25, 0.3) is 0 Å². The van der Waals surface area contributed by atoms with E-state index in [0.717, 1.165) is 0 Å². The van der Waals surface area contributed by atoms with Crippen molar-refractivity contribution >= 4 is 0 Å². The molecule has 0 bridgehead atoms. The number of aliphatic hydroxyl groups is 1. The van der Waals surface area contributed by atoms with E-state index in [0.29, 0.717) is 30.6 Å². The fourth-order valence-electron chi connectivity index (χ4n) is 1.34. The molecule has 0 aliphatic carbocycles. The van der Waals surface area contributed by atoms with Crippen LogP contribution in [0.15, 0.2) is 18.2 Å². The number of nitrogens with zero attached hydrogens (tertiary/aromatic N) is 1. The molecular formula is C12H15FN2O. The van der Waals surface area contributed by atoms with Crippen LogP contribution in [0.5, 0.6) is 0 Å². The van der Waals surface area contributed by atoms with E-state index in [4.69, 9.17) is 5.26 Å². The van der Waals surface area contributed by atoms with E-state index in [2.05, 4.69) is 5.32 Å². The van der Waals surface area contributed by atoms with E-state index in [9.17, 15) is 9.50 Å². The monoisotopic (exact) mass is 222 g/mol. The predicted molar refractivity (Wildman–Crippen MR) is 59.1 cm³/mol. The number of hydrogen-bond acceptors (Lipinski definition) is 3. The first-order valence-electron chi connectivity index (χ1n) is 5.24. The smallest absolute Gasteiger partial charge is 0.124 e. The maximum atomic E-state index is 13.0. The molecule has 16 heavy (non-hydrogen) atoms. The standard InChI is InChI=1S/C12H15FN2O/c1-2-12(16)8-15-7-10-3-9(6-14)4-11(13)5-10/h3-5,12,15-16H,2,7-8H2,1H3. The minimum Gasteiger partial charge on any atom is -0.392 e. The summed E-state index contributed by atoms with van der Waals surface area (Å²) in [5.41, 5.74) is 1.02. The molecule has 0 aromatic heterocycles. The number of benzene rings is 1. The summed E-state index contributed by atoms with van der Waals surface area (Å²) in [6, 6.07) is 6.11. The largest absolute Gasteiger partial charge is 0.392 e. The third kappa shape index (κ3) is 3.97. The Kier molecular flexibility index (Phi) is 4.90. The van der Waals surface area contributed by atoms with Gasteiger partial charge in [-0.25, -0.2) is 4.39 Å². The number of aliphatic hydroxyl groups excluding tert-OH is 1. The number of nitrogens with one attached hydrogen (secondary N) is 1. The molecule has 0 aliphatic rings. The molecule has 1 rings (SSSR count). The van der Waals surface area contributed by atoms with Crippen molar-refractivity contribution in [3.8, 4) is 6.07 Å². The van der Waals surface area contributed by atoms with Crippen molar-refractivity contribution in [1.29, 1.82) is 5.26 Å². The Balaban J connectivity index is 2.54. The van der Waals surface area contributed by atoms with Gasteiger partial charge in [0.1, 0.15) is 5.82 Å². The fraction of sp³-hybridized carbons (Fsp3) is 0.417. The lowest BCUT2D eigenvalue weighted by atomic mass is 10.1. The molecule has 0 spiro atoms. The number of hydrogen-bond donors (Lipinski definition) is 2. The molecule has 3 nitrogen and oxygen atoms in total. The minimum absolute atomic E-state index is 0.313. The lowest BCUT2D eigenvalue weighted by Crippen LogP contribution is -2.25. The Labute approximate surface area is 94.5 Å². The first-order chi connectivity index (χ1) is 7.65. The van der Waals surface area contributed by atoms with Crippen LogP contribution in [0.4, 0.5) is 4.39 Å². The minimum atomic E-state index is -0.410. The Morgan fingerprint density at radius 2 is 2.25 bits per heavy atom. The van der Waals surface area contributed by atoms with E-state index in [1.807, 2.05) is 13.0 Å². The second-order valence-corrected chi connectivity index (χ2v) is 3.65. The quantitative estimate of drug-likeness (QED) is 0.794. The first kappa shape index (κ1) is 12.6. The second kappa shape index (κ2) is 6.21. The highest BCUT2D eigenvalue weighted by atomic mass is 19.1. The molecule has 86 valence electrons. The Bertz CT molecular complexity index is 387. The zero-order valence-electron chi connectivity index (χ0n) is 9.20. The van der Waals surface area contributed by atoms with Gasteiger partial charge in [-0.15, -0.1) is 0 Å². The van der Waals surface area contributed by atoms with E-state index in [1.54, 1.807) is 6.07 Å². The molecule has 0 amide bonds. The summed E-state index contributed by atoms with van der Waals surface area (Å²) < 4.78 is 13.0. The van der Waals surface area contributed by atoms with Crippen LogP contribution in [0.3, 0.4) is 0 Å². The van der Waals surface area contributed by atoms with Gasteiger partial charge in [-0.3, -0.25) is 0 Å². The summed E-state index contributed by atoms with van der Waals surface area (Å²) in [6.45, 7) is 2.81. The van der Waals surface area contributed by atoms with Gasteiger partial charge < -0.3 is 10.4 Å². The zero-order chi connectivity index (χ0) is 12.0. The van der Waals surface area contributed by atoms with Crippen LogP contribution in [-0.2, 0) is 6.54 Å². The predicted octanol–water partition coefficient (Wildman–Crippen LogP) is 1.56. The topological polar surface area (TPSA) is 56.0 Å². The lowest BCUT2D eigenvalue weighted by Gasteiger charge is -2.09. The van der Waals surface area contributed by atoms with Crippen molar-refractivity contribution in [3.05, 3.63) is 35.1 Å². The first-order valence-corrected chi connectivity index (χ1v) is 5.24. The molecule has 0 fully saturated rings. The maximum absolute atomic E-state index is 13.0. The maximum Gasteiger partial charge on any atom is 0.124 e. The summed E-state index contributed by atoms with van der Waals surface area (Å²) in [7, 11) is 0. The average molecular weight is 222 g/mol. The van der Waals surface area contributed by atoms with E-state index in [1.165, 1.54) is 12.1 Å². The van der Waals surface area contributed by atoms with Gasteiger partial charge in [-0.2, -0.15) is 5.26 Å². The lowest BCUT2D eigenvalue weighted by molar-refractivity contribution is 0.167. The summed E-state index contributed by atoms with van der Waals surface area (Å²) in [5, 5.41) is 21.0. The van der Waals surface area contributed by atoms with Crippen LogP contribution >= 0.6 is 0 Å². The van der Waals surface area contributed by atoms with Crippen molar-refractivity contribution in [2.75, 3.05) is 6.54 Å². The molecule has 4 heteroatoms. The second-order valence-electron chi connectivity index (χ2n) is 3.65. The highest BCUT2D eigenvalue weighted by Gasteiger charge is 2.02. The molecule has 1 aromatic rings. The SMILES string of the molecule is CCC(O)CNCc1cc(F)cc(C#N)c1. The third-order valence-corrected chi connectivity index (χ3v) is 2.27. The summed E-state index contributed by atoms with van der Waals surface area (Å²) in [6.07, 6.45) is 0.295. The van der Waals surface area contributed by atoms with Gasteiger partial charge >= 0.3 is 0 Å². The van der Waals surface area contributed by atoms with Gasteiger partial charge in [0.2, 0.25) is 0 Å². The normalized spacial score (nSPS) is 12.1. The summed E-state index contributed by atoms with van der Waals surface area (Å²) >= 11 is 0. The molecule has 0 radical (unpaired) electrons. The van der Waals surface area contributed by atoms with Gasteiger partial charge in [0, 0.05) is 13.1 Å². The summed E-state index contributed by atoms with van der Waals surface area (Å²) in [5.74, 6) is -0.410. The molecule has 0 heterocycles. The Hall–Kier alpha value is -1.44. The number of nitriles is 1. The fourth-order valence-corrected chi connectivity index (χ4v) is 1.34. The van der Waals surface area contributed by atoms with Gasteiger partial charge in [-0.05, 0) is 30.2 Å². The highest BCUT2D eigenvalue weighted by Crippen LogP contribution is 2.08. The van der Waals surface area contributed by atoms with Crippen LogP contribution < -0.4 is 5.32 Å². The highest BCUT2D eigenvalue weighted by molar-refractivity contribution is 5.33.